The summed E-state index contributed by atoms with van der Waals surface area (Å²) in [6.07, 6.45) is 1.77. The molecule has 110 valence electrons. The minimum absolute atomic E-state index is 0.0439. The topological polar surface area (TPSA) is 129 Å². The Hall–Kier alpha value is -2.35. The number of carbonyl (C=O) groups excluding carboxylic acids is 2. The van der Waals surface area contributed by atoms with E-state index in [4.69, 9.17) is 14.6 Å². The Bertz CT molecular complexity index is 457. The Kier molecular flexibility index (Phi) is 6.24. The van der Waals surface area contributed by atoms with E-state index in [0.29, 0.717) is 6.42 Å². The molecule has 0 aliphatic heterocycles. The molecule has 20 heavy (non-hydrogen) atoms. The number of carboxylic acid groups (broad SMARTS) is 1. The minimum Gasteiger partial charge on any atom is -0.480 e. The van der Waals surface area contributed by atoms with Gasteiger partial charge in [-0.15, -0.1) is 0 Å². The number of amides is 2. The lowest BCUT2D eigenvalue weighted by atomic mass is 10.2. The SMILES string of the molecule is O=C(CCCNC(=O)c1ccco1)N[C@@H](CO)C(=O)O. The third kappa shape index (κ3) is 5.11. The van der Waals surface area contributed by atoms with Gasteiger partial charge in [0.05, 0.1) is 12.9 Å². The molecule has 8 heteroatoms. The van der Waals surface area contributed by atoms with Crippen LogP contribution in [0.5, 0.6) is 0 Å². The summed E-state index contributed by atoms with van der Waals surface area (Å²) in [6.45, 7) is -0.417. The van der Waals surface area contributed by atoms with Crippen molar-refractivity contribution in [3.63, 3.8) is 0 Å². The first-order valence-corrected chi connectivity index (χ1v) is 5.99. The van der Waals surface area contributed by atoms with E-state index in [1.165, 1.54) is 12.3 Å². The first-order chi connectivity index (χ1) is 9.54. The van der Waals surface area contributed by atoms with Gasteiger partial charge in [0.1, 0.15) is 6.04 Å². The van der Waals surface area contributed by atoms with Gasteiger partial charge in [0.25, 0.3) is 5.91 Å². The van der Waals surface area contributed by atoms with Gasteiger partial charge in [0.2, 0.25) is 5.91 Å². The average molecular weight is 284 g/mol. The van der Waals surface area contributed by atoms with Crippen molar-refractivity contribution in [3.8, 4) is 0 Å². The fourth-order valence-corrected chi connectivity index (χ4v) is 1.40. The maximum atomic E-state index is 11.4. The van der Waals surface area contributed by atoms with Gasteiger partial charge >= 0.3 is 5.97 Å². The van der Waals surface area contributed by atoms with Crippen LogP contribution in [0.15, 0.2) is 22.8 Å². The van der Waals surface area contributed by atoms with Crippen LogP contribution in [0.3, 0.4) is 0 Å². The van der Waals surface area contributed by atoms with Crippen LogP contribution in [0.2, 0.25) is 0 Å². The van der Waals surface area contributed by atoms with E-state index in [-0.39, 0.29) is 24.6 Å². The average Bonchev–Trinajstić information content (AvgIpc) is 2.94. The molecule has 1 aromatic rings. The lowest BCUT2D eigenvalue weighted by molar-refractivity contribution is -0.142. The third-order valence-electron chi connectivity index (χ3n) is 2.43. The molecule has 8 nitrogen and oxygen atoms in total. The fourth-order valence-electron chi connectivity index (χ4n) is 1.40. The Morgan fingerprint density at radius 2 is 2.10 bits per heavy atom. The summed E-state index contributed by atoms with van der Waals surface area (Å²) in [7, 11) is 0. The molecule has 0 aliphatic rings. The van der Waals surface area contributed by atoms with Crippen LogP contribution in [0.1, 0.15) is 23.4 Å². The Morgan fingerprint density at radius 3 is 2.65 bits per heavy atom. The molecule has 0 spiro atoms. The van der Waals surface area contributed by atoms with Crippen molar-refractivity contribution in [3.05, 3.63) is 24.2 Å². The second-order valence-electron chi connectivity index (χ2n) is 3.98. The number of hydrogen-bond acceptors (Lipinski definition) is 5. The summed E-state index contributed by atoms with van der Waals surface area (Å²) < 4.78 is 4.88. The summed E-state index contributed by atoms with van der Waals surface area (Å²) >= 11 is 0. The molecule has 0 saturated heterocycles. The number of hydrogen-bond donors (Lipinski definition) is 4. The smallest absolute Gasteiger partial charge is 0.328 e. The maximum absolute atomic E-state index is 11.4. The molecule has 0 bridgehead atoms. The van der Waals surface area contributed by atoms with Crippen molar-refractivity contribution in [1.82, 2.24) is 10.6 Å². The lowest BCUT2D eigenvalue weighted by Crippen LogP contribution is -2.43. The summed E-state index contributed by atoms with van der Waals surface area (Å²) in [5.41, 5.74) is 0. The maximum Gasteiger partial charge on any atom is 0.328 e. The zero-order valence-electron chi connectivity index (χ0n) is 10.7. The third-order valence-corrected chi connectivity index (χ3v) is 2.43. The van der Waals surface area contributed by atoms with E-state index in [1.807, 2.05) is 0 Å². The van der Waals surface area contributed by atoms with E-state index < -0.39 is 24.5 Å². The van der Waals surface area contributed by atoms with E-state index in [9.17, 15) is 14.4 Å². The van der Waals surface area contributed by atoms with Crippen LogP contribution in [0.4, 0.5) is 0 Å². The van der Waals surface area contributed by atoms with Gasteiger partial charge in [0.15, 0.2) is 5.76 Å². The van der Waals surface area contributed by atoms with Crippen LogP contribution < -0.4 is 10.6 Å². The lowest BCUT2D eigenvalue weighted by Gasteiger charge is -2.11. The summed E-state index contributed by atoms with van der Waals surface area (Å²) in [4.78, 5) is 33.4. The van der Waals surface area contributed by atoms with Crippen LogP contribution in [-0.4, -0.2) is 47.2 Å². The van der Waals surface area contributed by atoms with Crippen LogP contribution >= 0.6 is 0 Å². The van der Waals surface area contributed by atoms with Crippen molar-refractivity contribution in [1.29, 1.82) is 0 Å². The number of aliphatic hydroxyl groups excluding tert-OH is 1. The van der Waals surface area contributed by atoms with Crippen molar-refractivity contribution in [2.75, 3.05) is 13.2 Å². The predicted octanol–water partition coefficient (Wildman–Crippen LogP) is -0.649. The standard InChI is InChI=1S/C12H16N2O6/c15-7-8(12(18)19)14-10(16)4-1-5-13-11(17)9-3-2-6-20-9/h2-3,6,8,15H,1,4-5,7H2,(H,13,17)(H,14,16)(H,18,19)/t8-/m0/s1. The van der Waals surface area contributed by atoms with Gasteiger partial charge in [-0.3, -0.25) is 9.59 Å². The highest BCUT2D eigenvalue weighted by Crippen LogP contribution is 1.99. The van der Waals surface area contributed by atoms with Crippen molar-refractivity contribution < 1.29 is 29.0 Å². The molecule has 4 N–H and O–H groups in total. The summed E-state index contributed by atoms with van der Waals surface area (Å²) in [5, 5.41) is 22.1. The highest BCUT2D eigenvalue weighted by molar-refractivity contribution is 5.91. The molecule has 0 saturated carbocycles. The van der Waals surface area contributed by atoms with Gasteiger partial charge < -0.3 is 25.3 Å². The molecule has 1 aromatic heterocycles. The molecule has 1 heterocycles. The van der Waals surface area contributed by atoms with E-state index in [0.717, 1.165) is 0 Å². The van der Waals surface area contributed by atoms with E-state index in [2.05, 4.69) is 10.6 Å². The normalized spacial score (nSPS) is 11.7. The van der Waals surface area contributed by atoms with Crippen molar-refractivity contribution >= 4 is 17.8 Å². The molecule has 0 aromatic carbocycles. The van der Waals surface area contributed by atoms with Gasteiger partial charge in [-0.25, -0.2) is 4.79 Å². The monoisotopic (exact) mass is 284 g/mol. The Balaban J connectivity index is 2.19. The number of aliphatic hydroxyl groups is 1. The highest BCUT2D eigenvalue weighted by Gasteiger charge is 2.18. The number of rotatable bonds is 8. The van der Waals surface area contributed by atoms with E-state index >= 15 is 0 Å². The quantitative estimate of drug-likeness (QED) is 0.469. The molecular weight excluding hydrogens is 268 g/mol. The molecule has 0 fully saturated rings. The molecule has 0 radical (unpaired) electrons. The van der Waals surface area contributed by atoms with E-state index in [1.54, 1.807) is 6.07 Å². The van der Waals surface area contributed by atoms with Crippen LogP contribution in [0, 0.1) is 0 Å². The largest absolute Gasteiger partial charge is 0.480 e. The summed E-state index contributed by atoms with van der Waals surface area (Å²) in [6, 6.07) is 1.80. The highest BCUT2D eigenvalue weighted by atomic mass is 16.4. The number of aliphatic carboxylic acids is 1. The number of furan rings is 1. The second kappa shape index (κ2) is 7.95. The predicted molar refractivity (Wildman–Crippen MR) is 66.9 cm³/mol. The minimum atomic E-state index is -1.31. The summed E-state index contributed by atoms with van der Waals surface area (Å²) in [5.74, 6) is -2.00. The zero-order chi connectivity index (χ0) is 15.0. The number of carboxylic acids is 1. The molecule has 1 rings (SSSR count). The van der Waals surface area contributed by atoms with Crippen molar-refractivity contribution in [2.45, 2.75) is 18.9 Å². The van der Waals surface area contributed by atoms with Gasteiger partial charge in [0, 0.05) is 13.0 Å². The first kappa shape index (κ1) is 15.7. The zero-order valence-corrected chi connectivity index (χ0v) is 10.7. The molecule has 0 unspecified atom stereocenters. The van der Waals surface area contributed by atoms with Gasteiger partial charge in [-0.05, 0) is 18.6 Å². The number of nitrogens with one attached hydrogen (secondary N) is 2. The van der Waals surface area contributed by atoms with Crippen LogP contribution in [-0.2, 0) is 9.59 Å². The van der Waals surface area contributed by atoms with Crippen LogP contribution in [0.25, 0.3) is 0 Å². The molecule has 0 aliphatic carbocycles. The molecule has 1 atom stereocenters. The Morgan fingerprint density at radius 1 is 1.35 bits per heavy atom. The first-order valence-electron chi connectivity index (χ1n) is 5.99. The molecular formula is C12H16N2O6. The van der Waals surface area contributed by atoms with Gasteiger partial charge in [-0.1, -0.05) is 0 Å². The second-order valence-corrected chi connectivity index (χ2v) is 3.98. The fraction of sp³-hybridized carbons (Fsp3) is 0.417. The van der Waals surface area contributed by atoms with Crippen molar-refractivity contribution in [2.24, 2.45) is 0 Å². The van der Waals surface area contributed by atoms with Gasteiger partial charge in [-0.2, -0.15) is 0 Å². The number of carbonyl (C=O) groups is 3. The Labute approximate surface area is 114 Å². The molecule has 2 amide bonds.